The Balaban J connectivity index is 2.15. The summed E-state index contributed by atoms with van der Waals surface area (Å²) < 4.78 is 17.0. The maximum absolute atomic E-state index is 13.7. The van der Waals surface area contributed by atoms with Gasteiger partial charge in [0.2, 0.25) is 0 Å². The molecule has 3 rings (SSSR count). The highest BCUT2D eigenvalue weighted by atomic mass is 32.2. The van der Waals surface area contributed by atoms with E-state index < -0.39 is 0 Å². The number of nitrogens with zero attached hydrogens (tertiary/aromatic N) is 4. The first-order valence-corrected chi connectivity index (χ1v) is 7.97. The van der Waals surface area contributed by atoms with Crippen molar-refractivity contribution in [2.24, 2.45) is 0 Å². The van der Waals surface area contributed by atoms with Crippen LogP contribution in [0.1, 0.15) is 17.0 Å². The van der Waals surface area contributed by atoms with Crippen LogP contribution in [0.2, 0.25) is 0 Å². The van der Waals surface area contributed by atoms with Crippen molar-refractivity contribution >= 4 is 17.4 Å². The van der Waals surface area contributed by atoms with Crippen LogP contribution < -0.4 is 5.56 Å². The maximum Gasteiger partial charge on any atom is 0.274 e. The summed E-state index contributed by atoms with van der Waals surface area (Å²) >= 11 is 1.47. The van der Waals surface area contributed by atoms with Gasteiger partial charge in [0.15, 0.2) is 0 Å². The summed E-state index contributed by atoms with van der Waals surface area (Å²) in [6.45, 7) is 3.91. The highest BCUT2D eigenvalue weighted by molar-refractivity contribution is 7.98. The van der Waals surface area contributed by atoms with Gasteiger partial charge in [-0.15, -0.1) is 11.8 Å². The molecule has 0 bridgehead atoms. The third kappa shape index (κ3) is 2.52. The molecule has 0 atom stereocenters. The van der Waals surface area contributed by atoms with Crippen LogP contribution in [0.4, 0.5) is 4.39 Å². The molecule has 0 spiro atoms. The molecule has 0 fully saturated rings. The van der Waals surface area contributed by atoms with E-state index in [-0.39, 0.29) is 11.4 Å². The van der Waals surface area contributed by atoms with Gasteiger partial charge in [0.25, 0.3) is 5.56 Å². The van der Waals surface area contributed by atoms with Crippen molar-refractivity contribution in [3.63, 3.8) is 0 Å². The molecule has 3 heterocycles. The van der Waals surface area contributed by atoms with Gasteiger partial charge in [0, 0.05) is 24.0 Å². The molecule has 22 heavy (non-hydrogen) atoms. The third-order valence-corrected chi connectivity index (χ3v) is 4.16. The lowest BCUT2D eigenvalue weighted by molar-refractivity contribution is 0.604. The number of fused-ring (bicyclic) bond motifs is 1. The molecule has 3 aromatic heterocycles. The zero-order chi connectivity index (χ0) is 15.9. The van der Waals surface area contributed by atoms with Crippen molar-refractivity contribution in [3.8, 4) is 0 Å². The fraction of sp³-hybridized carbons (Fsp3) is 0.267. The van der Waals surface area contributed by atoms with Crippen molar-refractivity contribution in [3.05, 3.63) is 57.5 Å². The maximum atomic E-state index is 13.7. The summed E-state index contributed by atoms with van der Waals surface area (Å²) in [5.41, 5.74) is 2.43. The average molecular weight is 318 g/mol. The number of halogens is 1. The van der Waals surface area contributed by atoms with E-state index >= 15 is 0 Å². The Morgan fingerprint density at radius 3 is 2.73 bits per heavy atom. The number of aromatic nitrogens is 4. The minimum atomic E-state index is -0.328. The molecule has 0 amide bonds. The zero-order valence-corrected chi connectivity index (χ0v) is 13.3. The monoisotopic (exact) mass is 318 g/mol. The SMILES string of the molecule is CSc1cc2n(Cc3cnc(C)c(F)c3)c(C)cc(=O)n2n1. The van der Waals surface area contributed by atoms with Gasteiger partial charge in [-0.05, 0) is 31.7 Å². The first kappa shape index (κ1) is 14.8. The number of pyridine rings is 1. The van der Waals surface area contributed by atoms with Gasteiger partial charge in [-0.1, -0.05) is 0 Å². The zero-order valence-electron chi connectivity index (χ0n) is 12.5. The summed E-state index contributed by atoms with van der Waals surface area (Å²) in [4.78, 5) is 16.1. The van der Waals surface area contributed by atoms with E-state index in [0.29, 0.717) is 17.9 Å². The van der Waals surface area contributed by atoms with Gasteiger partial charge in [-0.25, -0.2) is 4.39 Å². The van der Waals surface area contributed by atoms with Crippen LogP contribution in [0.25, 0.3) is 5.65 Å². The van der Waals surface area contributed by atoms with Crippen LogP contribution in [-0.2, 0) is 6.54 Å². The molecule has 0 radical (unpaired) electrons. The van der Waals surface area contributed by atoms with Crippen LogP contribution >= 0.6 is 11.8 Å². The minimum Gasteiger partial charge on any atom is -0.326 e. The quantitative estimate of drug-likeness (QED) is 0.696. The highest BCUT2D eigenvalue weighted by Gasteiger charge is 2.11. The largest absolute Gasteiger partial charge is 0.326 e. The van der Waals surface area contributed by atoms with Gasteiger partial charge in [-0.2, -0.15) is 9.61 Å². The second kappa shape index (κ2) is 5.57. The third-order valence-electron chi connectivity index (χ3n) is 3.54. The molecule has 0 aliphatic heterocycles. The van der Waals surface area contributed by atoms with E-state index in [1.807, 2.05) is 23.8 Å². The second-order valence-corrected chi connectivity index (χ2v) is 5.90. The Kier molecular flexibility index (Phi) is 3.74. The van der Waals surface area contributed by atoms with Gasteiger partial charge in [0.1, 0.15) is 16.5 Å². The van der Waals surface area contributed by atoms with Crippen molar-refractivity contribution < 1.29 is 4.39 Å². The molecule has 0 saturated heterocycles. The molecule has 0 saturated carbocycles. The predicted molar refractivity (Wildman–Crippen MR) is 84.0 cm³/mol. The summed E-state index contributed by atoms with van der Waals surface area (Å²) in [6, 6.07) is 4.86. The lowest BCUT2D eigenvalue weighted by Crippen LogP contribution is -2.20. The molecule has 0 aromatic carbocycles. The predicted octanol–water partition coefficient (Wildman–Crippen LogP) is 2.42. The molecule has 0 unspecified atom stereocenters. The Morgan fingerprint density at radius 1 is 1.27 bits per heavy atom. The lowest BCUT2D eigenvalue weighted by atomic mass is 10.2. The van der Waals surface area contributed by atoms with Crippen molar-refractivity contribution in [2.75, 3.05) is 6.26 Å². The Morgan fingerprint density at radius 2 is 2.05 bits per heavy atom. The molecule has 7 heteroatoms. The molecule has 0 aliphatic carbocycles. The summed E-state index contributed by atoms with van der Waals surface area (Å²) in [7, 11) is 0. The van der Waals surface area contributed by atoms with Crippen LogP contribution in [0.15, 0.2) is 34.2 Å². The second-order valence-electron chi connectivity index (χ2n) is 5.08. The van der Waals surface area contributed by atoms with Crippen LogP contribution in [-0.4, -0.2) is 25.4 Å². The summed E-state index contributed by atoms with van der Waals surface area (Å²) in [5.74, 6) is -0.328. The number of thioether (sulfide) groups is 1. The smallest absolute Gasteiger partial charge is 0.274 e. The molecule has 0 aliphatic rings. The molecule has 114 valence electrons. The van der Waals surface area contributed by atoms with Crippen LogP contribution in [0.3, 0.4) is 0 Å². The number of aryl methyl sites for hydroxylation is 2. The van der Waals surface area contributed by atoms with Crippen molar-refractivity contribution in [1.82, 2.24) is 19.2 Å². The van der Waals surface area contributed by atoms with E-state index in [2.05, 4.69) is 10.1 Å². The fourth-order valence-electron chi connectivity index (χ4n) is 2.32. The fourth-order valence-corrected chi connectivity index (χ4v) is 2.71. The van der Waals surface area contributed by atoms with Gasteiger partial charge >= 0.3 is 0 Å². The van der Waals surface area contributed by atoms with Gasteiger partial charge in [-0.3, -0.25) is 9.78 Å². The van der Waals surface area contributed by atoms with E-state index in [0.717, 1.165) is 16.3 Å². The molecular weight excluding hydrogens is 303 g/mol. The number of rotatable bonds is 3. The molecule has 5 nitrogen and oxygen atoms in total. The summed E-state index contributed by atoms with van der Waals surface area (Å²) in [5, 5.41) is 5.03. The van der Waals surface area contributed by atoms with E-state index in [1.54, 1.807) is 13.1 Å². The van der Waals surface area contributed by atoms with Gasteiger partial charge in [0.05, 0.1) is 12.2 Å². The number of hydrogen-bond donors (Lipinski definition) is 0. The van der Waals surface area contributed by atoms with E-state index in [1.165, 1.54) is 28.4 Å². The molecule has 3 aromatic rings. The highest BCUT2D eigenvalue weighted by Crippen LogP contribution is 2.17. The number of hydrogen-bond acceptors (Lipinski definition) is 4. The minimum absolute atomic E-state index is 0.169. The Hall–Kier alpha value is -2.15. The van der Waals surface area contributed by atoms with Crippen LogP contribution in [0.5, 0.6) is 0 Å². The normalized spacial score (nSPS) is 11.3. The molecular formula is C15H15FN4OS. The van der Waals surface area contributed by atoms with E-state index in [9.17, 15) is 9.18 Å². The summed E-state index contributed by atoms with van der Waals surface area (Å²) in [6.07, 6.45) is 3.56. The van der Waals surface area contributed by atoms with Gasteiger partial charge < -0.3 is 4.57 Å². The lowest BCUT2D eigenvalue weighted by Gasteiger charge is -2.12. The molecule has 0 N–H and O–H groups in total. The van der Waals surface area contributed by atoms with Crippen LogP contribution in [0, 0.1) is 19.7 Å². The first-order valence-electron chi connectivity index (χ1n) is 6.75. The first-order chi connectivity index (χ1) is 10.5. The Bertz CT molecular complexity index is 916. The average Bonchev–Trinajstić information content (AvgIpc) is 2.92. The van der Waals surface area contributed by atoms with Crippen molar-refractivity contribution in [1.29, 1.82) is 0 Å². The topological polar surface area (TPSA) is 52.2 Å². The van der Waals surface area contributed by atoms with Crippen molar-refractivity contribution in [2.45, 2.75) is 25.4 Å². The Labute approximate surface area is 130 Å². The standard InChI is InChI=1S/C15H15FN4OS/c1-9-4-15(21)20-14(6-13(18-20)22-3)19(9)8-11-5-12(16)10(2)17-7-11/h4-7H,8H2,1-3H3. The van der Waals surface area contributed by atoms with E-state index in [4.69, 9.17) is 0 Å².